The molecule has 0 aliphatic rings. The van der Waals surface area contributed by atoms with E-state index >= 15 is 0 Å². The lowest BCUT2D eigenvalue weighted by Crippen LogP contribution is -1.93. The van der Waals surface area contributed by atoms with E-state index in [4.69, 9.17) is 0 Å². The molecule has 0 spiro atoms. The third-order valence-corrected chi connectivity index (χ3v) is 2.21. The van der Waals surface area contributed by atoms with Crippen LogP contribution in [0.4, 0.5) is 5.82 Å². The van der Waals surface area contributed by atoms with Crippen LogP contribution in [0.5, 0.6) is 0 Å². The van der Waals surface area contributed by atoms with Crippen molar-refractivity contribution in [2.45, 2.75) is 0 Å². The molecule has 1 aromatic carbocycles. The van der Waals surface area contributed by atoms with Gasteiger partial charge in [0.1, 0.15) is 0 Å². The highest BCUT2D eigenvalue weighted by molar-refractivity contribution is 5.91. The van der Waals surface area contributed by atoms with E-state index in [9.17, 15) is 4.79 Å². The van der Waals surface area contributed by atoms with E-state index < -0.39 is 5.97 Å². The Balaban J connectivity index is 2.17. The Bertz CT molecular complexity index is 596. The molecule has 5 nitrogen and oxygen atoms in total. The molecular formula is C13H11N3O2. The standard InChI is InChI=1S/C13H11N3O2/c1-18-13(17)7-8-14-12-9-11(15-16-12)10-5-3-2-4-6-10/h2-7,9H,1H3,(H,15,16). The SMILES string of the molecule is COC(=O)C=C=Nc1cc(-c2ccccc2)[nH]n1. The molecule has 0 atom stereocenters. The summed E-state index contributed by atoms with van der Waals surface area (Å²) in [6.45, 7) is 0. The molecule has 0 bridgehead atoms. The molecule has 0 radical (unpaired) electrons. The second-order valence-electron chi connectivity index (χ2n) is 3.41. The predicted molar refractivity (Wildman–Crippen MR) is 67.7 cm³/mol. The molecule has 0 aliphatic heterocycles. The zero-order chi connectivity index (χ0) is 12.8. The quantitative estimate of drug-likeness (QED) is 0.508. The van der Waals surface area contributed by atoms with Crippen molar-refractivity contribution in [3.05, 3.63) is 42.5 Å². The number of carbonyl (C=O) groups is 1. The van der Waals surface area contributed by atoms with Crippen molar-refractivity contribution in [1.82, 2.24) is 10.2 Å². The van der Waals surface area contributed by atoms with Crippen LogP contribution in [-0.4, -0.2) is 29.1 Å². The number of methoxy groups -OCH3 is 1. The van der Waals surface area contributed by atoms with E-state index in [2.05, 4.69) is 25.8 Å². The topological polar surface area (TPSA) is 67.3 Å². The van der Waals surface area contributed by atoms with Gasteiger partial charge in [-0.3, -0.25) is 5.10 Å². The average molecular weight is 241 g/mol. The molecule has 1 N–H and O–H groups in total. The maximum atomic E-state index is 10.8. The first-order valence-corrected chi connectivity index (χ1v) is 5.28. The lowest BCUT2D eigenvalue weighted by molar-refractivity contribution is -0.134. The number of ether oxygens (including phenoxy) is 1. The van der Waals surface area contributed by atoms with Gasteiger partial charge in [0.25, 0.3) is 0 Å². The number of H-pyrrole nitrogens is 1. The number of aromatic nitrogens is 2. The van der Waals surface area contributed by atoms with Gasteiger partial charge < -0.3 is 4.74 Å². The number of nitrogens with one attached hydrogen (secondary N) is 1. The summed E-state index contributed by atoms with van der Waals surface area (Å²) in [5, 5.41) is 6.85. The minimum absolute atomic E-state index is 0.453. The molecule has 0 unspecified atom stereocenters. The second-order valence-corrected chi connectivity index (χ2v) is 3.41. The van der Waals surface area contributed by atoms with Crippen molar-refractivity contribution < 1.29 is 9.53 Å². The fraction of sp³-hybridized carbons (Fsp3) is 0.0769. The van der Waals surface area contributed by atoms with Crippen LogP contribution in [-0.2, 0) is 9.53 Å². The summed E-state index contributed by atoms with van der Waals surface area (Å²) >= 11 is 0. The van der Waals surface area contributed by atoms with Crippen LogP contribution in [0.2, 0.25) is 0 Å². The van der Waals surface area contributed by atoms with Crippen LogP contribution in [0.1, 0.15) is 0 Å². The first-order chi connectivity index (χ1) is 8.79. The number of hydrogen-bond acceptors (Lipinski definition) is 4. The molecule has 2 aromatic rings. The Kier molecular flexibility index (Phi) is 3.69. The van der Waals surface area contributed by atoms with Crippen molar-refractivity contribution in [1.29, 1.82) is 0 Å². The minimum atomic E-state index is -0.502. The summed E-state index contributed by atoms with van der Waals surface area (Å²) < 4.78 is 4.42. The molecule has 1 heterocycles. The zero-order valence-corrected chi connectivity index (χ0v) is 9.75. The number of aromatic amines is 1. The lowest BCUT2D eigenvalue weighted by Gasteiger charge is -1.93. The van der Waals surface area contributed by atoms with Crippen LogP contribution in [0.3, 0.4) is 0 Å². The van der Waals surface area contributed by atoms with Crippen molar-refractivity contribution in [2.24, 2.45) is 4.99 Å². The van der Waals surface area contributed by atoms with E-state index in [1.54, 1.807) is 6.07 Å². The van der Waals surface area contributed by atoms with Gasteiger partial charge in [0.15, 0.2) is 5.82 Å². The molecule has 0 fully saturated rings. The summed E-state index contributed by atoms with van der Waals surface area (Å²) in [4.78, 5) is 14.7. The van der Waals surface area contributed by atoms with Crippen molar-refractivity contribution >= 4 is 17.7 Å². The largest absolute Gasteiger partial charge is 0.465 e. The third kappa shape index (κ3) is 2.93. The molecule has 0 saturated carbocycles. The monoisotopic (exact) mass is 241 g/mol. The molecule has 0 saturated heterocycles. The first-order valence-electron chi connectivity index (χ1n) is 5.28. The fourth-order valence-electron chi connectivity index (χ4n) is 1.34. The number of nitrogens with zero attached hydrogens (tertiary/aromatic N) is 2. The maximum Gasteiger partial charge on any atom is 0.339 e. The van der Waals surface area contributed by atoms with Gasteiger partial charge in [-0.25, -0.2) is 4.79 Å². The molecule has 1 aromatic heterocycles. The molecule has 0 aliphatic carbocycles. The normalized spacial score (nSPS) is 9.39. The second kappa shape index (κ2) is 5.61. The molecular weight excluding hydrogens is 230 g/mol. The Morgan fingerprint density at radius 2 is 2.22 bits per heavy atom. The van der Waals surface area contributed by atoms with E-state index in [1.807, 2.05) is 30.3 Å². The van der Waals surface area contributed by atoms with E-state index in [0.717, 1.165) is 17.3 Å². The van der Waals surface area contributed by atoms with Gasteiger partial charge in [-0.15, -0.1) is 0 Å². The van der Waals surface area contributed by atoms with E-state index in [1.165, 1.54) is 7.11 Å². The van der Waals surface area contributed by atoms with E-state index in [0.29, 0.717) is 5.82 Å². The summed E-state index contributed by atoms with van der Waals surface area (Å²) in [5.41, 5.74) is 1.87. The number of hydrogen-bond donors (Lipinski definition) is 1. The Labute approximate surface area is 104 Å². The summed E-state index contributed by atoms with van der Waals surface area (Å²) in [7, 11) is 1.29. The van der Waals surface area contributed by atoms with Crippen molar-refractivity contribution in [3.63, 3.8) is 0 Å². The van der Waals surface area contributed by atoms with Gasteiger partial charge in [-0.2, -0.15) is 10.1 Å². The average Bonchev–Trinajstić information content (AvgIpc) is 2.88. The van der Waals surface area contributed by atoms with Crippen LogP contribution < -0.4 is 0 Å². The fourth-order valence-corrected chi connectivity index (χ4v) is 1.34. The van der Waals surface area contributed by atoms with Gasteiger partial charge in [0.2, 0.25) is 0 Å². The van der Waals surface area contributed by atoms with Gasteiger partial charge >= 0.3 is 5.97 Å². The third-order valence-electron chi connectivity index (χ3n) is 2.21. The van der Waals surface area contributed by atoms with Crippen molar-refractivity contribution in [3.8, 4) is 11.3 Å². The Morgan fingerprint density at radius 3 is 2.94 bits per heavy atom. The zero-order valence-electron chi connectivity index (χ0n) is 9.75. The van der Waals surface area contributed by atoms with Gasteiger partial charge in [-0.05, 0) is 11.4 Å². The number of aliphatic imine (C=N–C) groups is 1. The summed E-state index contributed by atoms with van der Waals surface area (Å²) in [6, 6.07) is 11.5. The highest BCUT2D eigenvalue weighted by Gasteiger charge is 2.00. The summed E-state index contributed by atoms with van der Waals surface area (Å²) in [6.07, 6.45) is 1.11. The first kappa shape index (κ1) is 11.8. The van der Waals surface area contributed by atoms with Crippen LogP contribution in [0, 0.1) is 0 Å². The molecule has 2 rings (SSSR count). The highest BCUT2D eigenvalue weighted by atomic mass is 16.5. The Morgan fingerprint density at radius 1 is 1.44 bits per heavy atom. The van der Waals surface area contributed by atoms with Crippen LogP contribution in [0.25, 0.3) is 11.3 Å². The van der Waals surface area contributed by atoms with Gasteiger partial charge in [0, 0.05) is 6.07 Å². The number of esters is 1. The molecule has 5 heteroatoms. The minimum Gasteiger partial charge on any atom is -0.465 e. The van der Waals surface area contributed by atoms with Crippen LogP contribution in [0.15, 0.2) is 47.5 Å². The van der Waals surface area contributed by atoms with Crippen molar-refractivity contribution in [2.75, 3.05) is 7.11 Å². The van der Waals surface area contributed by atoms with Crippen LogP contribution >= 0.6 is 0 Å². The predicted octanol–water partition coefficient (Wildman–Crippen LogP) is 2.11. The Hall–Kier alpha value is -2.65. The number of carbonyl (C=O) groups excluding carboxylic acids is 1. The summed E-state index contributed by atoms with van der Waals surface area (Å²) in [5.74, 6) is 2.41. The maximum absolute atomic E-state index is 10.8. The molecule has 90 valence electrons. The van der Waals surface area contributed by atoms with E-state index in [-0.39, 0.29) is 0 Å². The smallest absolute Gasteiger partial charge is 0.339 e. The number of rotatable bonds is 3. The lowest BCUT2D eigenvalue weighted by atomic mass is 10.2. The number of benzene rings is 1. The van der Waals surface area contributed by atoms with Gasteiger partial charge in [0.05, 0.1) is 18.9 Å². The molecule has 18 heavy (non-hydrogen) atoms. The van der Waals surface area contributed by atoms with Gasteiger partial charge in [-0.1, -0.05) is 30.3 Å². The highest BCUT2D eigenvalue weighted by Crippen LogP contribution is 2.19. The molecule has 0 amide bonds.